The molecule has 1 aliphatic heterocycles. The summed E-state index contributed by atoms with van der Waals surface area (Å²) in [5, 5.41) is 0. The maximum absolute atomic E-state index is 14.3. The van der Waals surface area contributed by atoms with Crippen LogP contribution in [-0.2, 0) is 37.5 Å². The largest absolute Gasteiger partial charge is 0.493 e. The molecule has 115 valence electrons. The normalized spacial score (nSPS) is 21.2. The van der Waals surface area contributed by atoms with Gasteiger partial charge in [-0.25, -0.2) is 10.5 Å². The molecular formula is C16H16FINO2Y-. The van der Waals surface area contributed by atoms with Gasteiger partial charge >= 0.3 is 0 Å². The Hall–Kier alpha value is -0.00610. The van der Waals surface area contributed by atoms with Gasteiger partial charge in [0.1, 0.15) is 5.75 Å². The summed E-state index contributed by atoms with van der Waals surface area (Å²) in [6.07, 6.45) is 6.03. The summed E-state index contributed by atoms with van der Waals surface area (Å²) >= 11 is 2.08. The van der Waals surface area contributed by atoms with E-state index < -0.39 is 0 Å². The van der Waals surface area contributed by atoms with Crippen molar-refractivity contribution in [2.75, 3.05) is 13.7 Å². The molecule has 22 heavy (non-hydrogen) atoms. The van der Waals surface area contributed by atoms with Crippen LogP contribution in [-0.4, -0.2) is 28.4 Å². The van der Waals surface area contributed by atoms with Crippen molar-refractivity contribution >= 4 is 34.2 Å². The Morgan fingerprint density at radius 2 is 2.18 bits per heavy atom. The smallest absolute Gasteiger partial charge is 0.235 e. The molecule has 1 aromatic carbocycles. The van der Waals surface area contributed by atoms with Crippen molar-refractivity contribution in [1.29, 1.82) is 0 Å². The zero-order chi connectivity index (χ0) is 15.0. The van der Waals surface area contributed by atoms with Gasteiger partial charge in [0.25, 0.3) is 0 Å². The third-order valence-electron chi connectivity index (χ3n) is 3.76. The number of rotatable bonds is 4. The Kier molecular flexibility index (Phi) is 6.42. The molecule has 1 unspecified atom stereocenters. The molecule has 0 saturated heterocycles. The quantitative estimate of drug-likeness (QED) is 0.369. The van der Waals surface area contributed by atoms with E-state index in [9.17, 15) is 9.18 Å². The van der Waals surface area contributed by atoms with Gasteiger partial charge in [0.15, 0.2) is 0 Å². The fourth-order valence-electron chi connectivity index (χ4n) is 2.26. The average Bonchev–Trinajstić information content (AvgIpc) is 3.28. The zero-order valence-corrected chi connectivity index (χ0v) is 17.3. The first-order valence-electron chi connectivity index (χ1n) is 7.01. The molecule has 0 aromatic heterocycles. The SMILES string of the molecule is CN1C(=O)C(I)C[C-]=C1c1ccc(OCC2CC2)cc1F.[Y]. The number of benzene rings is 1. The minimum absolute atomic E-state index is 0. The van der Waals surface area contributed by atoms with Crippen LogP contribution < -0.4 is 4.74 Å². The number of alkyl halides is 1. The molecular weight excluding hydrogens is 473 g/mol. The molecule has 1 heterocycles. The minimum atomic E-state index is -0.377. The van der Waals surface area contributed by atoms with Crippen LogP contribution in [0.4, 0.5) is 4.39 Å². The maximum Gasteiger partial charge on any atom is 0.235 e. The van der Waals surface area contributed by atoms with Gasteiger partial charge < -0.3 is 9.64 Å². The molecule has 2 aliphatic rings. The first-order chi connectivity index (χ1) is 10.1. The predicted octanol–water partition coefficient (Wildman–Crippen LogP) is 3.42. The van der Waals surface area contributed by atoms with E-state index in [2.05, 4.69) is 28.7 Å². The number of nitrogens with zero attached hydrogens (tertiary/aromatic N) is 1. The van der Waals surface area contributed by atoms with Crippen LogP contribution in [0.5, 0.6) is 5.75 Å². The van der Waals surface area contributed by atoms with Gasteiger partial charge in [0.2, 0.25) is 5.91 Å². The molecule has 1 aliphatic carbocycles. The van der Waals surface area contributed by atoms with E-state index >= 15 is 0 Å². The van der Waals surface area contributed by atoms with E-state index in [4.69, 9.17) is 4.74 Å². The molecule has 0 spiro atoms. The monoisotopic (exact) mass is 489 g/mol. The third kappa shape index (κ3) is 4.09. The number of carbonyl (C=O) groups is 1. The second-order valence-electron chi connectivity index (χ2n) is 5.49. The molecule has 0 bridgehead atoms. The van der Waals surface area contributed by atoms with Gasteiger partial charge in [-0.3, -0.25) is 4.79 Å². The third-order valence-corrected chi connectivity index (χ3v) is 4.73. The molecule has 6 heteroatoms. The van der Waals surface area contributed by atoms with Crippen molar-refractivity contribution in [3.05, 3.63) is 35.7 Å². The maximum atomic E-state index is 14.3. The van der Waals surface area contributed by atoms with Gasteiger partial charge in [-0.1, -0.05) is 29.0 Å². The summed E-state index contributed by atoms with van der Waals surface area (Å²) in [5.74, 6) is 0.780. The van der Waals surface area contributed by atoms with Crippen molar-refractivity contribution in [3.63, 3.8) is 0 Å². The number of carbonyl (C=O) groups excluding carboxylic acids is 1. The molecule has 1 fully saturated rings. The summed E-state index contributed by atoms with van der Waals surface area (Å²) in [4.78, 5) is 13.5. The van der Waals surface area contributed by atoms with Crippen LogP contribution in [0, 0.1) is 17.8 Å². The van der Waals surface area contributed by atoms with Gasteiger partial charge in [0, 0.05) is 39.8 Å². The fourth-order valence-corrected chi connectivity index (χ4v) is 2.90. The van der Waals surface area contributed by atoms with E-state index in [1.54, 1.807) is 19.2 Å². The average molecular weight is 489 g/mol. The Morgan fingerprint density at radius 3 is 2.82 bits per heavy atom. The minimum Gasteiger partial charge on any atom is -0.493 e. The number of ether oxygens (including phenoxy) is 1. The van der Waals surface area contributed by atoms with E-state index in [1.807, 2.05) is 0 Å². The number of hydrogen-bond acceptors (Lipinski definition) is 2. The van der Waals surface area contributed by atoms with Gasteiger partial charge in [-0.15, -0.1) is 17.3 Å². The van der Waals surface area contributed by atoms with Crippen LogP contribution >= 0.6 is 22.6 Å². The van der Waals surface area contributed by atoms with Crippen molar-refractivity contribution in [2.24, 2.45) is 5.92 Å². The Balaban J connectivity index is 0.00000176. The van der Waals surface area contributed by atoms with Crippen LogP contribution in [0.2, 0.25) is 0 Å². The van der Waals surface area contributed by atoms with E-state index in [1.165, 1.54) is 23.8 Å². The predicted molar refractivity (Wildman–Crippen MR) is 86.5 cm³/mol. The van der Waals surface area contributed by atoms with Crippen molar-refractivity contribution in [1.82, 2.24) is 4.90 Å². The topological polar surface area (TPSA) is 29.5 Å². The molecule has 1 radical (unpaired) electrons. The van der Waals surface area contributed by atoms with Gasteiger partial charge in [-0.05, 0) is 30.9 Å². The molecule has 0 N–H and O–H groups in total. The summed E-state index contributed by atoms with van der Waals surface area (Å²) in [5.41, 5.74) is 0.909. The van der Waals surface area contributed by atoms with Crippen LogP contribution in [0.3, 0.4) is 0 Å². The van der Waals surface area contributed by atoms with Gasteiger partial charge in [0.05, 0.1) is 16.3 Å². The van der Waals surface area contributed by atoms with Crippen LogP contribution in [0.1, 0.15) is 24.8 Å². The summed E-state index contributed by atoms with van der Waals surface area (Å²) < 4.78 is 19.7. The Labute approximate surface area is 168 Å². The second kappa shape index (κ2) is 7.71. The zero-order valence-electron chi connectivity index (χ0n) is 12.3. The molecule has 1 atom stereocenters. The number of hydrogen-bond donors (Lipinski definition) is 0. The standard InChI is InChI=1S/C16H16FINO2.Y/c1-19-15(7-6-14(18)16(19)20)12-5-4-11(8-13(12)17)21-9-10-2-3-10;/h4-5,8,10,14H,2-3,6,9H2,1H3;/q-1;. The van der Waals surface area contributed by atoms with Crippen molar-refractivity contribution in [2.45, 2.75) is 23.2 Å². The van der Waals surface area contributed by atoms with Crippen molar-refractivity contribution in [3.8, 4) is 5.75 Å². The molecule has 3 rings (SSSR count). The summed E-state index contributed by atoms with van der Waals surface area (Å²) in [6.45, 7) is 0.655. The number of halogens is 2. The Morgan fingerprint density at radius 1 is 1.45 bits per heavy atom. The van der Waals surface area contributed by atoms with E-state index in [0.29, 0.717) is 36.0 Å². The number of allylic oxidation sites excluding steroid dienone is 1. The van der Waals surface area contributed by atoms with E-state index in [0.717, 1.165) is 0 Å². The Bertz CT molecular complexity index is 604. The van der Waals surface area contributed by atoms with Crippen LogP contribution in [0.25, 0.3) is 5.70 Å². The molecule has 3 nitrogen and oxygen atoms in total. The molecule has 1 amide bonds. The van der Waals surface area contributed by atoms with E-state index in [-0.39, 0.29) is 48.4 Å². The fraction of sp³-hybridized carbons (Fsp3) is 0.438. The first kappa shape index (κ1) is 18.3. The first-order valence-corrected chi connectivity index (χ1v) is 8.26. The van der Waals surface area contributed by atoms with Gasteiger partial charge in [-0.2, -0.15) is 0 Å². The summed E-state index contributed by atoms with van der Waals surface area (Å²) in [6, 6.07) is 4.81. The second-order valence-corrected chi connectivity index (χ2v) is 6.99. The molecule has 1 aromatic rings. The van der Waals surface area contributed by atoms with Crippen molar-refractivity contribution < 1.29 is 46.6 Å². The summed E-state index contributed by atoms with van der Waals surface area (Å²) in [7, 11) is 1.66. The van der Waals surface area contributed by atoms with Crippen LogP contribution in [0.15, 0.2) is 18.2 Å². The molecule has 1 saturated carbocycles. The number of amides is 1.